The van der Waals surface area contributed by atoms with Crippen LogP contribution in [0, 0.1) is 5.82 Å². The molecule has 1 N–H and O–H groups in total. The molecule has 3 aromatic rings. The predicted molar refractivity (Wildman–Crippen MR) is 88.7 cm³/mol. The second-order valence-electron chi connectivity index (χ2n) is 5.20. The van der Waals surface area contributed by atoms with Crippen molar-refractivity contribution in [3.05, 3.63) is 77.9 Å². The van der Waals surface area contributed by atoms with Crippen molar-refractivity contribution in [3.8, 4) is 5.75 Å². The molecule has 6 heteroatoms. The molecule has 0 unspecified atom stereocenters. The second kappa shape index (κ2) is 6.95. The number of nitrogens with zero attached hydrogens (tertiary/aromatic N) is 2. The number of carbonyl (C=O) groups is 1. The van der Waals surface area contributed by atoms with Crippen molar-refractivity contribution in [3.63, 3.8) is 0 Å². The normalized spacial score (nSPS) is 10.4. The van der Waals surface area contributed by atoms with Crippen LogP contribution >= 0.6 is 0 Å². The van der Waals surface area contributed by atoms with E-state index < -0.39 is 5.82 Å². The third-order valence-electron chi connectivity index (χ3n) is 3.53. The molecule has 0 radical (unpaired) electrons. The third-order valence-corrected chi connectivity index (χ3v) is 3.53. The van der Waals surface area contributed by atoms with Crippen LogP contribution in [0.2, 0.25) is 0 Å². The van der Waals surface area contributed by atoms with E-state index in [1.165, 1.54) is 19.2 Å². The molecule has 3 rings (SSSR count). The van der Waals surface area contributed by atoms with E-state index in [1.807, 2.05) is 29.1 Å². The summed E-state index contributed by atoms with van der Waals surface area (Å²) in [7, 11) is 1.38. The highest BCUT2D eigenvalue weighted by atomic mass is 19.1. The standard InChI is InChI=1S/C18H16FN3O2/c1-24-17-8-5-14(11-16(17)19)18(23)21-15-6-3-13(4-7-15)12-22-10-2-9-20-22/h2-11H,12H2,1H3,(H,21,23). The van der Waals surface area contributed by atoms with E-state index in [-0.39, 0.29) is 17.2 Å². The molecule has 0 bridgehead atoms. The van der Waals surface area contributed by atoms with Gasteiger partial charge in [0.2, 0.25) is 0 Å². The van der Waals surface area contributed by atoms with Crippen LogP contribution in [0.15, 0.2) is 60.9 Å². The average Bonchev–Trinajstić information content (AvgIpc) is 3.09. The molecule has 24 heavy (non-hydrogen) atoms. The molecule has 0 saturated carbocycles. The van der Waals surface area contributed by atoms with Crippen molar-refractivity contribution >= 4 is 11.6 Å². The molecule has 122 valence electrons. The van der Waals surface area contributed by atoms with Crippen molar-refractivity contribution in [2.75, 3.05) is 12.4 Å². The van der Waals surface area contributed by atoms with Gasteiger partial charge >= 0.3 is 0 Å². The van der Waals surface area contributed by atoms with Gasteiger partial charge < -0.3 is 10.1 Å². The number of nitrogens with one attached hydrogen (secondary N) is 1. The Bertz CT molecular complexity index is 830. The lowest BCUT2D eigenvalue weighted by atomic mass is 10.1. The van der Waals surface area contributed by atoms with Crippen molar-refractivity contribution in [2.45, 2.75) is 6.54 Å². The summed E-state index contributed by atoms with van der Waals surface area (Å²) >= 11 is 0. The molecule has 1 aromatic heterocycles. The summed E-state index contributed by atoms with van der Waals surface area (Å²) < 4.78 is 20.3. The summed E-state index contributed by atoms with van der Waals surface area (Å²) in [6, 6.07) is 13.4. The van der Waals surface area contributed by atoms with Gasteiger partial charge in [0.05, 0.1) is 13.7 Å². The van der Waals surface area contributed by atoms with E-state index in [9.17, 15) is 9.18 Å². The number of rotatable bonds is 5. The molecule has 0 aliphatic carbocycles. The number of aromatic nitrogens is 2. The number of methoxy groups -OCH3 is 1. The lowest BCUT2D eigenvalue weighted by Gasteiger charge is -2.08. The Kier molecular flexibility index (Phi) is 4.56. The maximum Gasteiger partial charge on any atom is 0.255 e. The van der Waals surface area contributed by atoms with Crippen LogP contribution in [0.25, 0.3) is 0 Å². The van der Waals surface area contributed by atoms with Crippen molar-refractivity contribution in [1.29, 1.82) is 0 Å². The van der Waals surface area contributed by atoms with Crippen LogP contribution < -0.4 is 10.1 Å². The van der Waals surface area contributed by atoms with Crippen LogP contribution in [-0.2, 0) is 6.54 Å². The minimum Gasteiger partial charge on any atom is -0.494 e. The zero-order valence-corrected chi connectivity index (χ0v) is 13.1. The van der Waals surface area contributed by atoms with Crippen LogP contribution in [0.5, 0.6) is 5.75 Å². The highest BCUT2D eigenvalue weighted by molar-refractivity contribution is 6.04. The molecule has 1 amide bonds. The first-order valence-corrected chi connectivity index (χ1v) is 7.37. The molecule has 0 aliphatic heterocycles. The molecular formula is C18H16FN3O2. The Hall–Kier alpha value is -3.15. The van der Waals surface area contributed by atoms with Gasteiger partial charge in [-0.2, -0.15) is 5.10 Å². The van der Waals surface area contributed by atoms with E-state index in [4.69, 9.17) is 4.74 Å². The second-order valence-corrected chi connectivity index (χ2v) is 5.20. The van der Waals surface area contributed by atoms with Gasteiger partial charge in [-0.05, 0) is 42.0 Å². The number of halogens is 1. The Labute approximate surface area is 138 Å². The summed E-state index contributed by atoms with van der Waals surface area (Å²) in [6.07, 6.45) is 3.61. The lowest BCUT2D eigenvalue weighted by molar-refractivity contribution is 0.102. The fraction of sp³-hybridized carbons (Fsp3) is 0.111. The fourth-order valence-electron chi connectivity index (χ4n) is 2.29. The Balaban J connectivity index is 1.67. The van der Waals surface area contributed by atoms with Gasteiger partial charge in [-0.15, -0.1) is 0 Å². The van der Waals surface area contributed by atoms with Crippen LogP contribution in [0.3, 0.4) is 0 Å². The maximum absolute atomic E-state index is 13.7. The molecule has 0 fully saturated rings. The largest absolute Gasteiger partial charge is 0.494 e. The number of amides is 1. The van der Waals surface area contributed by atoms with Gasteiger partial charge in [-0.25, -0.2) is 4.39 Å². The summed E-state index contributed by atoms with van der Waals surface area (Å²) in [5.74, 6) is -0.842. The van der Waals surface area contributed by atoms with Gasteiger partial charge in [0.1, 0.15) is 0 Å². The maximum atomic E-state index is 13.7. The number of anilines is 1. The van der Waals surface area contributed by atoms with Gasteiger partial charge in [-0.1, -0.05) is 12.1 Å². The molecule has 1 heterocycles. The first-order valence-electron chi connectivity index (χ1n) is 7.37. The molecule has 0 aliphatic rings. The fourth-order valence-corrected chi connectivity index (χ4v) is 2.29. The average molecular weight is 325 g/mol. The SMILES string of the molecule is COc1ccc(C(=O)Nc2ccc(Cn3cccn3)cc2)cc1F. The van der Waals surface area contributed by atoms with Crippen molar-refractivity contribution in [1.82, 2.24) is 9.78 Å². The molecular weight excluding hydrogens is 309 g/mol. The molecule has 5 nitrogen and oxygen atoms in total. The summed E-state index contributed by atoms with van der Waals surface area (Å²) in [5, 5.41) is 6.89. The topological polar surface area (TPSA) is 56.1 Å². The summed E-state index contributed by atoms with van der Waals surface area (Å²) in [4.78, 5) is 12.2. The van der Waals surface area contributed by atoms with Crippen molar-refractivity contribution in [2.24, 2.45) is 0 Å². The lowest BCUT2D eigenvalue weighted by Crippen LogP contribution is -2.12. The highest BCUT2D eigenvalue weighted by Gasteiger charge is 2.10. The number of carbonyl (C=O) groups excluding carboxylic acids is 1. The molecule has 0 atom stereocenters. The zero-order valence-electron chi connectivity index (χ0n) is 13.1. The van der Waals surface area contributed by atoms with Gasteiger partial charge in [-0.3, -0.25) is 9.48 Å². The third kappa shape index (κ3) is 3.60. The smallest absolute Gasteiger partial charge is 0.255 e. The zero-order chi connectivity index (χ0) is 16.9. The van der Waals surface area contributed by atoms with E-state index >= 15 is 0 Å². The van der Waals surface area contributed by atoms with E-state index in [1.54, 1.807) is 18.3 Å². The monoisotopic (exact) mass is 325 g/mol. The quantitative estimate of drug-likeness (QED) is 0.783. The number of hydrogen-bond donors (Lipinski definition) is 1. The number of hydrogen-bond acceptors (Lipinski definition) is 3. The Morgan fingerprint density at radius 3 is 2.67 bits per heavy atom. The first-order chi connectivity index (χ1) is 11.7. The van der Waals surface area contributed by atoms with E-state index in [0.29, 0.717) is 12.2 Å². The Morgan fingerprint density at radius 2 is 2.04 bits per heavy atom. The van der Waals surface area contributed by atoms with Gasteiger partial charge in [0.15, 0.2) is 11.6 Å². The minimum atomic E-state index is -0.570. The first kappa shape index (κ1) is 15.7. The number of ether oxygens (including phenoxy) is 1. The molecule has 0 saturated heterocycles. The van der Waals surface area contributed by atoms with Gasteiger partial charge in [0, 0.05) is 23.6 Å². The number of benzene rings is 2. The van der Waals surface area contributed by atoms with Crippen LogP contribution in [0.4, 0.5) is 10.1 Å². The summed E-state index contributed by atoms with van der Waals surface area (Å²) in [5.41, 5.74) is 1.93. The predicted octanol–water partition coefficient (Wildman–Crippen LogP) is 3.33. The van der Waals surface area contributed by atoms with E-state index in [2.05, 4.69) is 10.4 Å². The van der Waals surface area contributed by atoms with E-state index in [0.717, 1.165) is 11.6 Å². The molecule has 2 aromatic carbocycles. The highest BCUT2D eigenvalue weighted by Crippen LogP contribution is 2.19. The van der Waals surface area contributed by atoms with Crippen LogP contribution in [0.1, 0.15) is 15.9 Å². The van der Waals surface area contributed by atoms with Crippen molar-refractivity contribution < 1.29 is 13.9 Å². The van der Waals surface area contributed by atoms with Gasteiger partial charge in [0.25, 0.3) is 5.91 Å². The Morgan fingerprint density at radius 1 is 1.25 bits per heavy atom. The molecule has 0 spiro atoms. The minimum absolute atomic E-state index is 0.106. The summed E-state index contributed by atoms with van der Waals surface area (Å²) in [6.45, 7) is 0.658. The van der Waals surface area contributed by atoms with Crippen LogP contribution in [-0.4, -0.2) is 22.8 Å².